The minimum Gasteiger partial charge on any atom is -0.348 e. The van der Waals surface area contributed by atoms with Crippen LogP contribution >= 0.6 is 0 Å². The second-order valence-electron chi connectivity index (χ2n) is 6.53. The molecule has 2 rings (SSSR count). The maximum atomic E-state index is 12.3. The molecule has 0 heterocycles. The van der Waals surface area contributed by atoms with Gasteiger partial charge < -0.3 is 11.1 Å². The van der Waals surface area contributed by atoms with E-state index in [-0.39, 0.29) is 16.8 Å². The highest BCUT2D eigenvalue weighted by atomic mass is 32.2. The second kappa shape index (κ2) is 8.82. The Morgan fingerprint density at radius 2 is 1.65 bits per heavy atom. The number of nitrogens with one attached hydrogen (secondary N) is 2. The van der Waals surface area contributed by atoms with Crippen LogP contribution in [-0.4, -0.2) is 26.9 Å². The lowest BCUT2D eigenvalue weighted by Gasteiger charge is -2.19. The van der Waals surface area contributed by atoms with E-state index in [0.29, 0.717) is 23.7 Å². The van der Waals surface area contributed by atoms with E-state index in [1.165, 1.54) is 12.1 Å². The number of sulfonamides is 1. The number of hydrogen-bond donors (Lipinski definition) is 3. The van der Waals surface area contributed by atoms with Crippen molar-refractivity contribution in [1.82, 2.24) is 5.32 Å². The van der Waals surface area contributed by atoms with Crippen LogP contribution in [0.3, 0.4) is 0 Å². The molecule has 6 nitrogen and oxygen atoms in total. The summed E-state index contributed by atoms with van der Waals surface area (Å²) in [4.78, 5) is 12.5. The molecule has 4 N–H and O–H groups in total. The molecule has 0 spiro atoms. The topological polar surface area (TPSA) is 101 Å². The monoisotopic (exact) mass is 375 g/mol. The first-order chi connectivity index (χ1) is 12.3. The first kappa shape index (κ1) is 19.9. The first-order valence-corrected chi connectivity index (χ1v) is 9.99. The average molecular weight is 375 g/mol. The molecule has 0 aliphatic heterocycles. The van der Waals surface area contributed by atoms with Gasteiger partial charge in [0.05, 0.1) is 4.90 Å². The normalized spacial score (nSPS) is 12.6. The summed E-state index contributed by atoms with van der Waals surface area (Å²) in [7, 11) is -3.65. The van der Waals surface area contributed by atoms with Crippen molar-refractivity contribution < 1.29 is 13.2 Å². The molecule has 26 heavy (non-hydrogen) atoms. The number of carbonyl (C=O) groups excluding carboxylic acids is 1. The highest BCUT2D eigenvalue weighted by Crippen LogP contribution is 2.16. The van der Waals surface area contributed by atoms with Gasteiger partial charge in [0.2, 0.25) is 0 Å². The molecule has 0 bridgehead atoms. The lowest BCUT2D eigenvalue weighted by atomic mass is 10.0. The van der Waals surface area contributed by atoms with Gasteiger partial charge in [0, 0.05) is 23.8 Å². The summed E-state index contributed by atoms with van der Waals surface area (Å²) in [5, 5.41) is 2.91. The maximum Gasteiger partial charge on any atom is 0.261 e. The molecule has 1 amide bonds. The Hall–Kier alpha value is -2.38. The van der Waals surface area contributed by atoms with Crippen molar-refractivity contribution >= 4 is 21.6 Å². The fraction of sp³-hybridized carbons (Fsp3) is 0.316. The number of carbonyl (C=O) groups is 1. The standard InChI is InChI=1S/C19H25N3O3S/c1-14(2)12-17(13-20)21-19(23)15-8-10-16(11-9-15)22-26(24,25)18-6-4-3-5-7-18/h3-11,14,17,22H,12-13,20H2,1-2H3,(H,21,23). The van der Waals surface area contributed by atoms with Crippen molar-refractivity contribution in [1.29, 1.82) is 0 Å². The molecule has 0 saturated carbocycles. The first-order valence-electron chi connectivity index (χ1n) is 8.50. The number of amides is 1. The summed E-state index contributed by atoms with van der Waals surface area (Å²) in [6.45, 7) is 4.52. The maximum absolute atomic E-state index is 12.3. The van der Waals surface area contributed by atoms with Gasteiger partial charge in [-0.3, -0.25) is 9.52 Å². The zero-order valence-corrected chi connectivity index (χ0v) is 15.8. The highest BCUT2D eigenvalue weighted by molar-refractivity contribution is 7.92. The minimum absolute atomic E-state index is 0.0845. The number of rotatable bonds is 8. The van der Waals surface area contributed by atoms with Gasteiger partial charge in [0.1, 0.15) is 0 Å². The van der Waals surface area contributed by atoms with E-state index in [0.717, 1.165) is 6.42 Å². The molecular formula is C19H25N3O3S. The summed E-state index contributed by atoms with van der Waals surface area (Å²) in [6.07, 6.45) is 0.803. The predicted octanol–water partition coefficient (Wildman–Crippen LogP) is 2.59. The molecular weight excluding hydrogens is 350 g/mol. The van der Waals surface area contributed by atoms with E-state index in [1.54, 1.807) is 42.5 Å². The number of nitrogens with two attached hydrogens (primary N) is 1. The summed E-state index contributed by atoms with van der Waals surface area (Å²) >= 11 is 0. The van der Waals surface area contributed by atoms with Crippen LogP contribution in [0.15, 0.2) is 59.5 Å². The fourth-order valence-corrected chi connectivity index (χ4v) is 3.63. The van der Waals surface area contributed by atoms with Gasteiger partial charge in [-0.05, 0) is 48.7 Å². The zero-order valence-electron chi connectivity index (χ0n) is 15.0. The van der Waals surface area contributed by atoms with Crippen molar-refractivity contribution in [3.05, 3.63) is 60.2 Å². The Morgan fingerprint density at radius 3 is 2.19 bits per heavy atom. The molecule has 2 aromatic rings. The number of anilines is 1. The molecule has 1 atom stereocenters. The molecule has 0 aromatic heterocycles. The van der Waals surface area contributed by atoms with Gasteiger partial charge in [0.25, 0.3) is 15.9 Å². The summed E-state index contributed by atoms with van der Waals surface area (Å²) in [6, 6.07) is 14.3. The van der Waals surface area contributed by atoms with Crippen LogP contribution in [0, 0.1) is 5.92 Å². The quantitative estimate of drug-likeness (QED) is 0.660. The molecule has 7 heteroatoms. The SMILES string of the molecule is CC(C)CC(CN)NC(=O)c1ccc(NS(=O)(=O)c2ccccc2)cc1. The summed E-state index contributed by atoms with van der Waals surface area (Å²) in [5.41, 5.74) is 6.55. The predicted molar refractivity (Wildman–Crippen MR) is 103 cm³/mol. The smallest absolute Gasteiger partial charge is 0.261 e. The molecule has 0 aliphatic rings. The van der Waals surface area contributed by atoms with Gasteiger partial charge in [-0.25, -0.2) is 8.42 Å². The van der Waals surface area contributed by atoms with Gasteiger partial charge in [-0.1, -0.05) is 32.0 Å². The molecule has 140 valence electrons. The van der Waals surface area contributed by atoms with Crippen LogP contribution in [0.4, 0.5) is 5.69 Å². The molecule has 0 radical (unpaired) electrons. The van der Waals surface area contributed by atoms with Crippen LogP contribution in [0.5, 0.6) is 0 Å². The van der Waals surface area contributed by atoms with E-state index < -0.39 is 10.0 Å². The van der Waals surface area contributed by atoms with Gasteiger partial charge in [-0.2, -0.15) is 0 Å². The van der Waals surface area contributed by atoms with Crippen molar-refractivity contribution in [2.45, 2.75) is 31.2 Å². The molecule has 0 aliphatic carbocycles. The Morgan fingerprint density at radius 1 is 1.04 bits per heavy atom. The van der Waals surface area contributed by atoms with Crippen molar-refractivity contribution in [2.24, 2.45) is 11.7 Å². The van der Waals surface area contributed by atoms with Crippen molar-refractivity contribution in [3.63, 3.8) is 0 Å². The third-order valence-electron chi connectivity index (χ3n) is 3.83. The van der Waals surface area contributed by atoms with Crippen LogP contribution in [0.2, 0.25) is 0 Å². The second-order valence-corrected chi connectivity index (χ2v) is 8.21. The summed E-state index contributed by atoms with van der Waals surface area (Å²) in [5.74, 6) is 0.206. The highest BCUT2D eigenvalue weighted by Gasteiger charge is 2.16. The van der Waals surface area contributed by atoms with Crippen LogP contribution in [0.25, 0.3) is 0 Å². The lowest BCUT2D eigenvalue weighted by Crippen LogP contribution is -2.41. The lowest BCUT2D eigenvalue weighted by molar-refractivity contribution is 0.0934. The van der Waals surface area contributed by atoms with E-state index in [2.05, 4.69) is 23.9 Å². The van der Waals surface area contributed by atoms with E-state index in [9.17, 15) is 13.2 Å². The van der Waals surface area contributed by atoms with Crippen molar-refractivity contribution in [3.8, 4) is 0 Å². The van der Waals surface area contributed by atoms with E-state index >= 15 is 0 Å². The Kier molecular flexibility index (Phi) is 6.76. The summed E-state index contributed by atoms with van der Waals surface area (Å²) < 4.78 is 27.1. The van der Waals surface area contributed by atoms with E-state index in [4.69, 9.17) is 5.73 Å². The van der Waals surface area contributed by atoms with Gasteiger partial charge in [0.15, 0.2) is 0 Å². The van der Waals surface area contributed by atoms with Crippen LogP contribution in [-0.2, 0) is 10.0 Å². The largest absolute Gasteiger partial charge is 0.348 e. The Labute approximate surface area is 154 Å². The average Bonchev–Trinajstić information content (AvgIpc) is 2.61. The number of benzene rings is 2. The number of hydrogen-bond acceptors (Lipinski definition) is 4. The molecule has 2 aromatic carbocycles. The Bertz CT molecular complexity index is 819. The molecule has 0 fully saturated rings. The van der Waals surface area contributed by atoms with Crippen LogP contribution < -0.4 is 15.8 Å². The molecule has 1 unspecified atom stereocenters. The van der Waals surface area contributed by atoms with Crippen LogP contribution in [0.1, 0.15) is 30.6 Å². The minimum atomic E-state index is -3.65. The van der Waals surface area contributed by atoms with Crippen molar-refractivity contribution in [2.75, 3.05) is 11.3 Å². The molecule has 0 saturated heterocycles. The fourth-order valence-electron chi connectivity index (χ4n) is 2.56. The third kappa shape index (κ3) is 5.57. The van der Waals surface area contributed by atoms with E-state index in [1.807, 2.05) is 0 Å². The zero-order chi connectivity index (χ0) is 19.2. The Balaban J connectivity index is 2.05. The van der Waals surface area contributed by atoms with Gasteiger partial charge >= 0.3 is 0 Å². The van der Waals surface area contributed by atoms with Gasteiger partial charge in [-0.15, -0.1) is 0 Å². The third-order valence-corrected chi connectivity index (χ3v) is 5.23.